The number of nitrogens with one attached hydrogen (secondary N) is 2. The highest BCUT2D eigenvalue weighted by Gasteiger charge is 2.34. The Bertz CT molecular complexity index is 599. The Hall–Kier alpha value is -1.89. The van der Waals surface area contributed by atoms with E-state index >= 15 is 0 Å². The van der Waals surface area contributed by atoms with E-state index in [1.807, 2.05) is 0 Å². The van der Waals surface area contributed by atoms with E-state index in [1.54, 1.807) is 6.20 Å². The highest BCUT2D eigenvalue weighted by atomic mass is 15.2. The van der Waals surface area contributed by atoms with Crippen molar-refractivity contribution in [1.29, 1.82) is 0 Å². The molecule has 3 saturated heterocycles. The smallest absolute Gasteiger partial charge is 0.224 e. The molecule has 19 heavy (non-hydrogen) atoms. The number of rotatable bonds is 2. The van der Waals surface area contributed by atoms with E-state index in [0.717, 1.165) is 23.7 Å². The maximum atomic E-state index is 5.74. The van der Waals surface area contributed by atoms with E-state index in [0.29, 0.717) is 11.7 Å². The van der Waals surface area contributed by atoms with Crippen molar-refractivity contribution in [1.82, 2.24) is 25.1 Å². The van der Waals surface area contributed by atoms with E-state index in [4.69, 9.17) is 5.73 Å². The molecule has 0 saturated carbocycles. The maximum absolute atomic E-state index is 5.74. The summed E-state index contributed by atoms with van der Waals surface area (Å²) in [6.07, 6.45) is 4.29. The SMILES string of the molecule is Nc1nc(NC2CN3CCC2CC3)c2cn[nH]c2n1. The lowest BCUT2D eigenvalue weighted by Crippen LogP contribution is -2.53. The number of nitrogen functional groups attached to an aromatic ring is 1. The Labute approximate surface area is 110 Å². The van der Waals surface area contributed by atoms with E-state index in [2.05, 4.69) is 30.4 Å². The van der Waals surface area contributed by atoms with E-state index in [-0.39, 0.29) is 5.95 Å². The molecule has 0 aliphatic carbocycles. The predicted octanol–water partition coefficient (Wildman–Crippen LogP) is 0.441. The third kappa shape index (κ3) is 1.81. The lowest BCUT2D eigenvalue weighted by Gasteiger charge is -2.45. The minimum atomic E-state index is 0.278. The molecule has 5 heterocycles. The van der Waals surface area contributed by atoms with Crippen molar-refractivity contribution >= 4 is 22.8 Å². The molecule has 2 aromatic heterocycles. The monoisotopic (exact) mass is 259 g/mol. The molecular formula is C12H17N7. The van der Waals surface area contributed by atoms with Gasteiger partial charge in [0.2, 0.25) is 5.95 Å². The molecule has 2 aromatic rings. The largest absolute Gasteiger partial charge is 0.368 e. The molecule has 3 aliphatic rings. The molecule has 100 valence electrons. The molecule has 1 atom stereocenters. The summed E-state index contributed by atoms with van der Waals surface area (Å²) in [5.41, 5.74) is 6.44. The number of aromatic nitrogens is 4. The first-order valence-electron chi connectivity index (χ1n) is 6.75. The van der Waals surface area contributed by atoms with Crippen LogP contribution < -0.4 is 11.1 Å². The van der Waals surface area contributed by atoms with Crippen LogP contribution in [0.1, 0.15) is 12.8 Å². The number of piperidine rings is 3. The standard InChI is InChI=1S/C12H17N7/c13-12-16-10(8-5-14-18-11(8)17-12)15-9-6-19-3-1-7(9)2-4-19/h5,7,9H,1-4,6H2,(H4,13,14,15,16,17,18). The highest BCUT2D eigenvalue weighted by Crippen LogP contribution is 2.30. The summed E-state index contributed by atoms with van der Waals surface area (Å²) in [6, 6.07) is 0.454. The summed E-state index contributed by atoms with van der Waals surface area (Å²) in [6.45, 7) is 3.56. The summed E-state index contributed by atoms with van der Waals surface area (Å²) in [5, 5.41) is 11.3. The second-order valence-corrected chi connectivity index (χ2v) is 5.45. The van der Waals surface area contributed by atoms with Gasteiger partial charge in [-0.05, 0) is 31.8 Å². The predicted molar refractivity (Wildman–Crippen MR) is 72.7 cm³/mol. The van der Waals surface area contributed by atoms with Gasteiger partial charge in [0.05, 0.1) is 11.6 Å². The van der Waals surface area contributed by atoms with Crippen molar-refractivity contribution in [2.75, 3.05) is 30.7 Å². The van der Waals surface area contributed by atoms with Crippen LogP contribution in [0.4, 0.5) is 11.8 Å². The average Bonchev–Trinajstić information content (AvgIpc) is 2.88. The van der Waals surface area contributed by atoms with Crippen molar-refractivity contribution in [2.24, 2.45) is 5.92 Å². The molecule has 1 unspecified atom stereocenters. The third-order valence-corrected chi connectivity index (χ3v) is 4.31. The third-order valence-electron chi connectivity index (χ3n) is 4.31. The summed E-state index contributed by atoms with van der Waals surface area (Å²) in [7, 11) is 0. The number of fused-ring (bicyclic) bond motifs is 4. The van der Waals surface area contributed by atoms with Gasteiger partial charge in [-0.3, -0.25) is 5.10 Å². The van der Waals surface area contributed by atoms with Gasteiger partial charge in [0.25, 0.3) is 0 Å². The number of nitrogens with zero attached hydrogens (tertiary/aromatic N) is 4. The minimum Gasteiger partial charge on any atom is -0.368 e. The topological polar surface area (TPSA) is 95.7 Å². The molecule has 0 radical (unpaired) electrons. The lowest BCUT2D eigenvalue weighted by molar-refractivity contribution is 0.0974. The van der Waals surface area contributed by atoms with Crippen LogP contribution in [0.2, 0.25) is 0 Å². The highest BCUT2D eigenvalue weighted by molar-refractivity contribution is 5.86. The maximum Gasteiger partial charge on any atom is 0.224 e. The molecule has 0 spiro atoms. The van der Waals surface area contributed by atoms with Crippen LogP contribution in [0.15, 0.2) is 6.20 Å². The van der Waals surface area contributed by atoms with Gasteiger partial charge in [-0.25, -0.2) is 0 Å². The number of anilines is 2. The van der Waals surface area contributed by atoms with Gasteiger partial charge in [-0.1, -0.05) is 0 Å². The van der Waals surface area contributed by atoms with Gasteiger partial charge in [0, 0.05) is 12.6 Å². The van der Waals surface area contributed by atoms with Crippen LogP contribution in [-0.4, -0.2) is 50.7 Å². The molecule has 4 N–H and O–H groups in total. The second-order valence-electron chi connectivity index (χ2n) is 5.45. The minimum absolute atomic E-state index is 0.278. The van der Waals surface area contributed by atoms with Crippen LogP contribution in [0.5, 0.6) is 0 Å². The molecular weight excluding hydrogens is 242 g/mol. The van der Waals surface area contributed by atoms with Crippen LogP contribution >= 0.6 is 0 Å². The normalized spacial score (nSPS) is 29.8. The van der Waals surface area contributed by atoms with Crippen molar-refractivity contribution in [2.45, 2.75) is 18.9 Å². The molecule has 0 amide bonds. The Morgan fingerprint density at radius 2 is 2.16 bits per heavy atom. The molecule has 7 nitrogen and oxygen atoms in total. The van der Waals surface area contributed by atoms with Gasteiger partial charge in [-0.2, -0.15) is 15.1 Å². The zero-order valence-corrected chi connectivity index (χ0v) is 10.6. The lowest BCUT2D eigenvalue weighted by atomic mass is 9.84. The van der Waals surface area contributed by atoms with Gasteiger partial charge in [0.15, 0.2) is 5.65 Å². The molecule has 3 aliphatic heterocycles. The Kier molecular flexibility index (Phi) is 2.34. The first-order chi connectivity index (χ1) is 9.29. The number of aromatic amines is 1. The first-order valence-corrected chi connectivity index (χ1v) is 6.75. The zero-order valence-electron chi connectivity index (χ0n) is 10.6. The summed E-state index contributed by atoms with van der Waals surface area (Å²) < 4.78 is 0. The number of nitrogens with two attached hydrogens (primary N) is 1. The van der Waals surface area contributed by atoms with Gasteiger partial charge >= 0.3 is 0 Å². The summed E-state index contributed by atoms with van der Waals surface area (Å²) >= 11 is 0. The van der Waals surface area contributed by atoms with E-state index in [1.165, 1.54) is 25.9 Å². The quantitative estimate of drug-likeness (QED) is 0.724. The van der Waals surface area contributed by atoms with Gasteiger partial charge < -0.3 is 16.0 Å². The Balaban J connectivity index is 1.66. The van der Waals surface area contributed by atoms with Crippen LogP contribution in [0.25, 0.3) is 11.0 Å². The zero-order chi connectivity index (χ0) is 12.8. The van der Waals surface area contributed by atoms with Crippen LogP contribution in [0, 0.1) is 5.92 Å². The number of hydrogen-bond acceptors (Lipinski definition) is 6. The van der Waals surface area contributed by atoms with Crippen LogP contribution in [-0.2, 0) is 0 Å². The molecule has 3 fully saturated rings. The molecule has 7 heteroatoms. The Morgan fingerprint density at radius 1 is 1.32 bits per heavy atom. The van der Waals surface area contributed by atoms with Crippen molar-refractivity contribution in [3.8, 4) is 0 Å². The molecule has 5 rings (SSSR count). The fourth-order valence-electron chi connectivity index (χ4n) is 3.27. The fraction of sp³-hybridized carbons (Fsp3) is 0.583. The molecule has 0 aromatic carbocycles. The van der Waals surface area contributed by atoms with Gasteiger partial charge in [0.1, 0.15) is 5.82 Å². The first kappa shape index (κ1) is 11.0. The van der Waals surface area contributed by atoms with Crippen molar-refractivity contribution in [3.63, 3.8) is 0 Å². The Morgan fingerprint density at radius 3 is 2.89 bits per heavy atom. The van der Waals surface area contributed by atoms with E-state index in [9.17, 15) is 0 Å². The molecule has 2 bridgehead atoms. The van der Waals surface area contributed by atoms with Crippen LogP contribution in [0.3, 0.4) is 0 Å². The fourth-order valence-corrected chi connectivity index (χ4v) is 3.27. The van der Waals surface area contributed by atoms with Crippen molar-refractivity contribution in [3.05, 3.63) is 6.20 Å². The number of H-pyrrole nitrogens is 1. The van der Waals surface area contributed by atoms with Gasteiger partial charge in [-0.15, -0.1) is 0 Å². The van der Waals surface area contributed by atoms with Crippen molar-refractivity contribution < 1.29 is 0 Å². The second kappa shape index (κ2) is 4.06. The summed E-state index contributed by atoms with van der Waals surface area (Å²) in [5.74, 6) is 1.82. The number of hydrogen-bond donors (Lipinski definition) is 3. The van der Waals surface area contributed by atoms with E-state index < -0.39 is 0 Å². The average molecular weight is 259 g/mol. The summed E-state index contributed by atoms with van der Waals surface area (Å²) in [4.78, 5) is 11.0.